The molecule has 0 saturated heterocycles. The fraction of sp³-hybridized carbons (Fsp3) is 0.118. The summed E-state index contributed by atoms with van der Waals surface area (Å²) in [6.07, 6.45) is 2.80. The summed E-state index contributed by atoms with van der Waals surface area (Å²) >= 11 is 0. The van der Waals surface area contributed by atoms with E-state index in [-0.39, 0.29) is 23.0 Å². The molecule has 0 unspecified atom stereocenters. The Morgan fingerprint density at radius 1 is 1.29 bits per heavy atom. The summed E-state index contributed by atoms with van der Waals surface area (Å²) in [5.41, 5.74) is 1.19. The molecule has 0 aliphatic carbocycles. The fourth-order valence-electron chi connectivity index (χ4n) is 2.11. The highest BCUT2D eigenvalue weighted by molar-refractivity contribution is 6.07. The number of phenols is 1. The minimum Gasteiger partial charge on any atom is -0.504 e. The lowest BCUT2D eigenvalue weighted by molar-refractivity contribution is -0.383. The van der Waals surface area contributed by atoms with Crippen molar-refractivity contribution >= 4 is 23.2 Å². The Balaban J connectivity index is 2.26. The molecule has 2 aromatic rings. The van der Waals surface area contributed by atoms with E-state index in [4.69, 9.17) is 4.74 Å². The number of aromatic hydroxyl groups is 1. The molecule has 0 aliphatic rings. The van der Waals surface area contributed by atoms with E-state index in [1.807, 2.05) is 0 Å². The second-order valence-electron chi connectivity index (χ2n) is 4.87. The third kappa shape index (κ3) is 3.70. The van der Waals surface area contributed by atoms with Gasteiger partial charge in [0.05, 0.1) is 12.0 Å². The first-order valence-electron chi connectivity index (χ1n) is 7.02. The normalized spacial score (nSPS) is 10.6. The SMILES string of the molecule is CNc1ccc(/C=C/C(=O)c2ccc(O)c(OC)c2)cc1[N+](=O)[O-]. The zero-order chi connectivity index (χ0) is 17.7. The Labute approximate surface area is 138 Å². The van der Waals surface area contributed by atoms with Crippen molar-refractivity contribution in [2.75, 3.05) is 19.5 Å². The third-order valence-corrected chi connectivity index (χ3v) is 3.38. The van der Waals surface area contributed by atoms with Crippen molar-refractivity contribution < 1.29 is 19.6 Å². The molecular weight excluding hydrogens is 312 g/mol. The third-order valence-electron chi connectivity index (χ3n) is 3.38. The van der Waals surface area contributed by atoms with Crippen LogP contribution < -0.4 is 10.1 Å². The smallest absolute Gasteiger partial charge is 0.292 e. The number of benzene rings is 2. The van der Waals surface area contributed by atoms with Gasteiger partial charge in [-0.3, -0.25) is 14.9 Å². The van der Waals surface area contributed by atoms with E-state index in [0.29, 0.717) is 16.8 Å². The van der Waals surface area contributed by atoms with Gasteiger partial charge in [0.15, 0.2) is 17.3 Å². The van der Waals surface area contributed by atoms with E-state index in [2.05, 4.69) is 5.32 Å². The molecular formula is C17H16N2O5. The van der Waals surface area contributed by atoms with E-state index in [1.54, 1.807) is 19.2 Å². The summed E-state index contributed by atoms with van der Waals surface area (Å²) in [5.74, 6) is -0.173. The first-order chi connectivity index (χ1) is 11.5. The van der Waals surface area contributed by atoms with E-state index >= 15 is 0 Å². The van der Waals surface area contributed by atoms with E-state index in [9.17, 15) is 20.0 Å². The van der Waals surface area contributed by atoms with Gasteiger partial charge in [0.1, 0.15) is 5.69 Å². The van der Waals surface area contributed by atoms with Crippen LogP contribution >= 0.6 is 0 Å². The van der Waals surface area contributed by atoms with Gasteiger partial charge in [-0.2, -0.15) is 0 Å². The van der Waals surface area contributed by atoms with Crippen LogP contribution in [0.2, 0.25) is 0 Å². The van der Waals surface area contributed by atoms with E-state index in [1.165, 1.54) is 43.5 Å². The highest BCUT2D eigenvalue weighted by atomic mass is 16.6. The molecule has 0 aromatic heterocycles. The number of allylic oxidation sites excluding steroid dienone is 1. The first kappa shape index (κ1) is 17.0. The maximum Gasteiger partial charge on any atom is 0.292 e. The number of anilines is 1. The fourth-order valence-corrected chi connectivity index (χ4v) is 2.11. The van der Waals surface area contributed by atoms with Gasteiger partial charge in [-0.15, -0.1) is 0 Å². The number of methoxy groups -OCH3 is 1. The number of hydrogen-bond acceptors (Lipinski definition) is 6. The number of ketones is 1. The summed E-state index contributed by atoms with van der Waals surface area (Å²) in [5, 5.41) is 23.3. The standard InChI is InChI=1S/C17H16N2O5/c1-18-13-6-3-11(9-14(13)19(22)23)4-7-15(20)12-5-8-16(21)17(10-12)24-2/h3-10,18,21H,1-2H3/b7-4+. The number of nitrogens with zero attached hydrogens (tertiary/aromatic N) is 1. The predicted octanol–water partition coefficient (Wildman–Crippen LogP) is 3.25. The van der Waals surface area contributed by atoms with Crippen LogP contribution in [0, 0.1) is 10.1 Å². The van der Waals surface area contributed by atoms with Gasteiger partial charge in [0.2, 0.25) is 0 Å². The van der Waals surface area contributed by atoms with Crippen molar-refractivity contribution in [2.24, 2.45) is 0 Å². The molecule has 0 bridgehead atoms. The second-order valence-corrected chi connectivity index (χ2v) is 4.87. The molecule has 0 amide bonds. The number of rotatable bonds is 6. The van der Waals surface area contributed by atoms with Crippen LogP contribution in [-0.2, 0) is 0 Å². The van der Waals surface area contributed by atoms with Crippen molar-refractivity contribution in [3.8, 4) is 11.5 Å². The van der Waals surface area contributed by atoms with Gasteiger partial charge in [0, 0.05) is 18.7 Å². The number of hydrogen-bond donors (Lipinski definition) is 2. The second kappa shape index (κ2) is 7.28. The molecule has 0 aliphatic heterocycles. The van der Waals surface area contributed by atoms with Gasteiger partial charge >= 0.3 is 0 Å². The summed E-state index contributed by atoms with van der Waals surface area (Å²) < 4.78 is 4.96. The molecule has 0 atom stereocenters. The maximum absolute atomic E-state index is 12.2. The summed E-state index contributed by atoms with van der Waals surface area (Å²) in [7, 11) is 2.99. The molecule has 0 saturated carbocycles. The summed E-state index contributed by atoms with van der Waals surface area (Å²) in [4.78, 5) is 22.7. The zero-order valence-corrected chi connectivity index (χ0v) is 13.1. The van der Waals surface area contributed by atoms with Gasteiger partial charge in [-0.05, 0) is 35.9 Å². The molecule has 2 N–H and O–H groups in total. The quantitative estimate of drug-likeness (QED) is 0.365. The van der Waals surface area contributed by atoms with E-state index in [0.717, 1.165) is 0 Å². The van der Waals surface area contributed by atoms with Crippen LogP contribution in [0.15, 0.2) is 42.5 Å². The highest BCUT2D eigenvalue weighted by Gasteiger charge is 2.13. The Kier molecular flexibility index (Phi) is 5.16. The molecule has 0 heterocycles. The van der Waals surface area contributed by atoms with Crippen LogP contribution in [0.1, 0.15) is 15.9 Å². The van der Waals surface area contributed by atoms with Gasteiger partial charge in [0.25, 0.3) is 5.69 Å². The molecule has 124 valence electrons. The lowest BCUT2D eigenvalue weighted by atomic mass is 10.1. The van der Waals surface area contributed by atoms with E-state index < -0.39 is 4.92 Å². The van der Waals surface area contributed by atoms with Crippen LogP contribution in [0.5, 0.6) is 11.5 Å². The largest absolute Gasteiger partial charge is 0.504 e. The Morgan fingerprint density at radius 2 is 2.04 bits per heavy atom. The minimum absolute atomic E-state index is 0.0590. The molecule has 0 spiro atoms. The Morgan fingerprint density at radius 3 is 2.67 bits per heavy atom. The number of nitro groups is 1. The number of phenolic OH excluding ortho intramolecular Hbond substituents is 1. The predicted molar refractivity (Wildman–Crippen MR) is 90.7 cm³/mol. The summed E-state index contributed by atoms with van der Waals surface area (Å²) in [6, 6.07) is 8.89. The lowest BCUT2D eigenvalue weighted by Crippen LogP contribution is -1.97. The number of ether oxygens (including phenoxy) is 1. The van der Waals surface area contributed by atoms with Crippen LogP contribution in [0.4, 0.5) is 11.4 Å². The average molecular weight is 328 g/mol. The molecule has 24 heavy (non-hydrogen) atoms. The molecule has 0 fully saturated rings. The van der Waals surface area contributed by atoms with Gasteiger partial charge in [-0.25, -0.2) is 0 Å². The van der Waals surface area contributed by atoms with Crippen molar-refractivity contribution in [3.63, 3.8) is 0 Å². The monoisotopic (exact) mass is 328 g/mol. The molecule has 7 nitrogen and oxygen atoms in total. The highest BCUT2D eigenvalue weighted by Crippen LogP contribution is 2.27. The lowest BCUT2D eigenvalue weighted by Gasteiger charge is -2.04. The van der Waals surface area contributed by atoms with Crippen LogP contribution in [0.3, 0.4) is 0 Å². The Bertz CT molecular complexity index is 815. The number of carbonyl (C=O) groups is 1. The topological polar surface area (TPSA) is 102 Å². The van der Waals surface area contributed by atoms with Crippen molar-refractivity contribution in [3.05, 3.63) is 63.7 Å². The average Bonchev–Trinajstić information content (AvgIpc) is 2.59. The number of nitrogens with one attached hydrogen (secondary N) is 1. The minimum atomic E-state index is -0.490. The maximum atomic E-state index is 12.2. The van der Waals surface area contributed by atoms with Gasteiger partial charge < -0.3 is 15.2 Å². The molecule has 2 rings (SSSR count). The first-order valence-corrected chi connectivity index (χ1v) is 7.02. The molecule has 0 radical (unpaired) electrons. The zero-order valence-electron chi connectivity index (χ0n) is 13.1. The van der Waals surface area contributed by atoms with Crippen molar-refractivity contribution in [2.45, 2.75) is 0 Å². The number of carbonyl (C=O) groups excluding carboxylic acids is 1. The molecule has 7 heteroatoms. The van der Waals surface area contributed by atoms with Crippen molar-refractivity contribution in [1.29, 1.82) is 0 Å². The number of nitro benzene ring substituents is 1. The summed E-state index contributed by atoms with van der Waals surface area (Å²) in [6.45, 7) is 0. The Hall–Kier alpha value is -3.35. The van der Waals surface area contributed by atoms with Crippen molar-refractivity contribution in [1.82, 2.24) is 0 Å². The molecule has 2 aromatic carbocycles. The van der Waals surface area contributed by atoms with Crippen LogP contribution in [0.25, 0.3) is 6.08 Å². The van der Waals surface area contributed by atoms with Gasteiger partial charge in [-0.1, -0.05) is 12.1 Å². The van der Waals surface area contributed by atoms with Crippen LogP contribution in [-0.4, -0.2) is 30.0 Å².